The van der Waals surface area contributed by atoms with Crippen molar-refractivity contribution < 1.29 is 4.42 Å². The number of oxazole rings is 1. The maximum atomic E-state index is 5.71. The van der Waals surface area contributed by atoms with Gasteiger partial charge in [-0.2, -0.15) is 0 Å². The van der Waals surface area contributed by atoms with Crippen molar-refractivity contribution >= 4 is 11.3 Å². The van der Waals surface area contributed by atoms with E-state index in [0.29, 0.717) is 5.89 Å². The van der Waals surface area contributed by atoms with Crippen LogP contribution < -0.4 is 5.32 Å². The number of rotatable bonds is 3. The van der Waals surface area contributed by atoms with E-state index < -0.39 is 0 Å². The van der Waals surface area contributed by atoms with Gasteiger partial charge in [-0.15, -0.1) is 11.3 Å². The maximum absolute atomic E-state index is 5.71. The molecule has 2 aromatic rings. The van der Waals surface area contributed by atoms with Gasteiger partial charge in [-0.25, -0.2) is 9.97 Å². The molecule has 2 heterocycles. The normalized spacial score (nSPS) is 13.0. The van der Waals surface area contributed by atoms with Gasteiger partial charge in [0.05, 0.1) is 27.8 Å². The Kier molecular flexibility index (Phi) is 3.07. The van der Waals surface area contributed by atoms with Crippen molar-refractivity contribution in [3.8, 4) is 10.6 Å². The lowest BCUT2D eigenvalue weighted by molar-refractivity contribution is 0.442. The summed E-state index contributed by atoms with van der Waals surface area (Å²) in [4.78, 5) is 9.71. The van der Waals surface area contributed by atoms with Gasteiger partial charge in [0.1, 0.15) is 0 Å². The number of thiazole rings is 1. The minimum Gasteiger partial charge on any atom is -0.438 e. The molecule has 2 rings (SSSR count). The van der Waals surface area contributed by atoms with E-state index in [1.807, 2.05) is 27.8 Å². The summed E-state index contributed by atoms with van der Waals surface area (Å²) in [7, 11) is 1.89. The average Bonchev–Trinajstić information content (AvgIpc) is 2.83. The molecular formula is C11H15N3OS. The summed E-state index contributed by atoms with van der Waals surface area (Å²) in [6.45, 7) is 6.00. The molecule has 0 saturated heterocycles. The van der Waals surface area contributed by atoms with E-state index in [1.54, 1.807) is 17.5 Å². The summed E-state index contributed by atoms with van der Waals surface area (Å²) in [5, 5.41) is 4.15. The van der Waals surface area contributed by atoms with Crippen molar-refractivity contribution in [1.82, 2.24) is 15.3 Å². The first-order valence-electron chi connectivity index (χ1n) is 5.19. The molecule has 1 unspecified atom stereocenters. The molecule has 0 amide bonds. The van der Waals surface area contributed by atoms with Gasteiger partial charge in [-0.1, -0.05) is 0 Å². The minimum atomic E-state index is 0.128. The van der Waals surface area contributed by atoms with Gasteiger partial charge in [0.15, 0.2) is 5.76 Å². The Morgan fingerprint density at radius 1 is 1.44 bits per heavy atom. The molecule has 0 bridgehead atoms. The van der Waals surface area contributed by atoms with Crippen LogP contribution in [0.3, 0.4) is 0 Å². The Bertz CT molecular complexity index is 489. The zero-order valence-electron chi connectivity index (χ0n) is 9.87. The fraction of sp³-hybridized carbons (Fsp3) is 0.455. The maximum Gasteiger partial charge on any atom is 0.211 e. The van der Waals surface area contributed by atoms with E-state index in [9.17, 15) is 0 Å². The second-order valence-corrected chi connectivity index (χ2v) is 4.92. The lowest BCUT2D eigenvalue weighted by Gasteiger charge is -2.03. The highest BCUT2D eigenvalue weighted by Crippen LogP contribution is 2.30. The third-order valence-electron chi connectivity index (χ3n) is 2.45. The van der Waals surface area contributed by atoms with Gasteiger partial charge in [0.2, 0.25) is 5.89 Å². The highest BCUT2D eigenvalue weighted by atomic mass is 32.1. The molecule has 0 spiro atoms. The largest absolute Gasteiger partial charge is 0.438 e. The second-order valence-electron chi connectivity index (χ2n) is 3.72. The summed E-state index contributed by atoms with van der Waals surface area (Å²) in [6, 6.07) is 0.128. The molecule has 1 atom stereocenters. The van der Waals surface area contributed by atoms with Crippen LogP contribution >= 0.6 is 11.3 Å². The van der Waals surface area contributed by atoms with E-state index in [2.05, 4.69) is 15.3 Å². The number of nitrogens with zero attached hydrogens (tertiary/aromatic N) is 2. The Morgan fingerprint density at radius 3 is 2.75 bits per heavy atom. The quantitative estimate of drug-likeness (QED) is 0.891. The molecule has 0 saturated carbocycles. The van der Waals surface area contributed by atoms with E-state index in [0.717, 1.165) is 21.3 Å². The zero-order chi connectivity index (χ0) is 11.7. The lowest BCUT2D eigenvalue weighted by atomic mass is 10.3. The summed E-state index contributed by atoms with van der Waals surface area (Å²) in [5.41, 5.74) is 1.00. The topological polar surface area (TPSA) is 51.0 Å². The highest BCUT2D eigenvalue weighted by Gasteiger charge is 2.15. The predicted molar refractivity (Wildman–Crippen MR) is 64.6 cm³/mol. The third kappa shape index (κ3) is 2.01. The van der Waals surface area contributed by atoms with Crippen LogP contribution in [0.4, 0.5) is 0 Å². The molecule has 0 fully saturated rings. The van der Waals surface area contributed by atoms with Gasteiger partial charge in [0.25, 0.3) is 0 Å². The Labute approximate surface area is 98.7 Å². The molecule has 4 nitrogen and oxygen atoms in total. The standard InChI is InChI=1S/C11H15N3OS/c1-6-10(16-8(3)14-6)9-5-13-11(15-9)7(2)12-4/h5,7,12H,1-4H3. The van der Waals surface area contributed by atoms with Crippen LogP contribution in [0.25, 0.3) is 10.6 Å². The first kappa shape index (κ1) is 11.3. The van der Waals surface area contributed by atoms with Gasteiger partial charge < -0.3 is 9.73 Å². The highest BCUT2D eigenvalue weighted by molar-refractivity contribution is 7.15. The molecule has 2 aromatic heterocycles. The summed E-state index contributed by atoms with van der Waals surface area (Å²) >= 11 is 1.63. The van der Waals surface area contributed by atoms with Crippen LogP contribution in [-0.2, 0) is 0 Å². The van der Waals surface area contributed by atoms with Gasteiger partial charge in [0, 0.05) is 0 Å². The Morgan fingerprint density at radius 2 is 2.19 bits per heavy atom. The van der Waals surface area contributed by atoms with E-state index in [4.69, 9.17) is 4.42 Å². The fourth-order valence-electron chi connectivity index (χ4n) is 1.48. The molecule has 5 heteroatoms. The van der Waals surface area contributed by atoms with Crippen LogP contribution in [0.5, 0.6) is 0 Å². The molecule has 1 N–H and O–H groups in total. The summed E-state index contributed by atoms with van der Waals surface area (Å²) in [6.07, 6.45) is 1.77. The Balaban J connectivity index is 2.35. The van der Waals surface area contributed by atoms with Crippen molar-refractivity contribution in [2.45, 2.75) is 26.8 Å². The average molecular weight is 237 g/mol. The third-order valence-corrected chi connectivity index (χ3v) is 3.54. The van der Waals surface area contributed by atoms with Crippen LogP contribution in [0.15, 0.2) is 10.6 Å². The van der Waals surface area contributed by atoms with E-state index in [-0.39, 0.29) is 6.04 Å². The smallest absolute Gasteiger partial charge is 0.211 e. The van der Waals surface area contributed by atoms with Crippen molar-refractivity contribution in [2.24, 2.45) is 0 Å². The van der Waals surface area contributed by atoms with Crippen LogP contribution in [-0.4, -0.2) is 17.0 Å². The number of aromatic nitrogens is 2. The molecule has 0 aliphatic heterocycles. The van der Waals surface area contributed by atoms with Gasteiger partial charge in [-0.3, -0.25) is 0 Å². The lowest BCUT2D eigenvalue weighted by Crippen LogP contribution is -2.12. The number of nitrogens with one attached hydrogen (secondary N) is 1. The fourth-order valence-corrected chi connectivity index (χ4v) is 2.34. The monoisotopic (exact) mass is 237 g/mol. The van der Waals surface area contributed by atoms with Crippen LogP contribution in [0, 0.1) is 13.8 Å². The Hall–Kier alpha value is -1.20. The van der Waals surface area contributed by atoms with Crippen molar-refractivity contribution in [2.75, 3.05) is 7.05 Å². The van der Waals surface area contributed by atoms with Crippen molar-refractivity contribution in [1.29, 1.82) is 0 Å². The molecule has 0 aliphatic rings. The van der Waals surface area contributed by atoms with Gasteiger partial charge in [-0.05, 0) is 27.8 Å². The van der Waals surface area contributed by atoms with Crippen LogP contribution in [0.1, 0.15) is 29.6 Å². The molecule has 0 aromatic carbocycles. The first-order valence-corrected chi connectivity index (χ1v) is 6.01. The predicted octanol–water partition coefficient (Wildman–Crippen LogP) is 2.70. The number of hydrogen-bond donors (Lipinski definition) is 1. The molecule has 86 valence electrons. The van der Waals surface area contributed by atoms with Crippen molar-refractivity contribution in [3.05, 3.63) is 22.8 Å². The number of hydrogen-bond acceptors (Lipinski definition) is 5. The van der Waals surface area contributed by atoms with E-state index in [1.165, 1.54) is 0 Å². The van der Waals surface area contributed by atoms with Crippen molar-refractivity contribution in [3.63, 3.8) is 0 Å². The molecular weight excluding hydrogens is 222 g/mol. The first-order chi connectivity index (χ1) is 7.61. The number of aryl methyl sites for hydroxylation is 2. The summed E-state index contributed by atoms with van der Waals surface area (Å²) in [5.74, 6) is 1.52. The SMILES string of the molecule is CNC(C)c1ncc(-c2sc(C)nc2C)o1. The van der Waals surface area contributed by atoms with Gasteiger partial charge >= 0.3 is 0 Å². The summed E-state index contributed by atoms with van der Waals surface area (Å²) < 4.78 is 5.71. The minimum absolute atomic E-state index is 0.128. The molecule has 0 aliphatic carbocycles. The van der Waals surface area contributed by atoms with Crippen LogP contribution in [0.2, 0.25) is 0 Å². The zero-order valence-corrected chi connectivity index (χ0v) is 10.7. The molecule has 0 radical (unpaired) electrons. The molecule has 16 heavy (non-hydrogen) atoms. The second kappa shape index (κ2) is 4.35. The van der Waals surface area contributed by atoms with E-state index >= 15 is 0 Å².